The third-order valence-electron chi connectivity index (χ3n) is 5.25. The highest BCUT2D eigenvalue weighted by Crippen LogP contribution is 2.42. The molecule has 0 radical (unpaired) electrons. The summed E-state index contributed by atoms with van der Waals surface area (Å²) in [6.45, 7) is 4.71. The van der Waals surface area contributed by atoms with Crippen LogP contribution in [0.3, 0.4) is 0 Å². The molecule has 0 bridgehead atoms. The van der Waals surface area contributed by atoms with Crippen LogP contribution < -0.4 is 5.32 Å². The molecule has 0 aliphatic carbocycles. The van der Waals surface area contributed by atoms with E-state index >= 15 is 0 Å². The molecule has 0 saturated carbocycles. The number of hydrogen-bond acceptors (Lipinski definition) is 4. The van der Waals surface area contributed by atoms with E-state index in [0.717, 1.165) is 44.0 Å². The number of anilines is 1. The Labute approximate surface area is 156 Å². The molecule has 3 aliphatic rings. The molecule has 1 saturated heterocycles. The van der Waals surface area contributed by atoms with Gasteiger partial charge in [0, 0.05) is 42.0 Å². The van der Waals surface area contributed by atoms with Crippen molar-refractivity contribution in [3.05, 3.63) is 64.5 Å². The van der Waals surface area contributed by atoms with Crippen molar-refractivity contribution in [2.45, 2.75) is 13.2 Å². The van der Waals surface area contributed by atoms with Gasteiger partial charge in [-0.05, 0) is 23.8 Å². The zero-order valence-corrected chi connectivity index (χ0v) is 14.8. The van der Waals surface area contributed by atoms with Crippen molar-refractivity contribution in [1.29, 1.82) is 0 Å². The molecule has 1 amide bonds. The number of ether oxygens (including phenoxy) is 2. The summed E-state index contributed by atoms with van der Waals surface area (Å²) in [5.41, 5.74) is 4.76. The largest absolute Gasteiger partial charge is 0.487 e. The number of carbonyl (C=O) groups is 1. The number of amides is 1. The van der Waals surface area contributed by atoms with Crippen LogP contribution in [0, 0.1) is 5.82 Å². The van der Waals surface area contributed by atoms with Gasteiger partial charge in [0.25, 0.3) is 5.91 Å². The quantitative estimate of drug-likeness (QED) is 0.831. The highest BCUT2D eigenvalue weighted by atomic mass is 19.1. The molecule has 5 nitrogen and oxygen atoms in total. The normalized spacial score (nSPS) is 21.6. The fourth-order valence-electron chi connectivity index (χ4n) is 3.90. The average Bonchev–Trinajstić information content (AvgIpc) is 3.21. The van der Waals surface area contributed by atoms with Crippen molar-refractivity contribution in [3.63, 3.8) is 0 Å². The first-order valence-corrected chi connectivity index (χ1v) is 9.10. The Balaban J connectivity index is 1.49. The van der Waals surface area contributed by atoms with Gasteiger partial charge < -0.3 is 14.8 Å². The van der Waals surface area contributed by atoms with E-state index in [9.17, 15) is 9.18 Å². The van der Waals surface area contributed by atoms with Crippen LogP contribution in [0.5, 0.6) is 0 Å². The molecule has 0 aromatic heterocycles. The summed E-state index contributed by atoms with van der Waals surface area (Å²) in [4.78, 5) is 14.8. The van der Waals surface area contributed by atoms with E-state index in [1.807, 2.05) is 6.07 Å². The first kappa shape index (κ1) is 16.5. The average molecular weight is 366 g/mol. The number of nitrogens with one attached hydrogen (secondary N) is 1. The predicted octanol–water partition coefficient (Wildman–Crippen LogP) is 3.01. The summed E-state index contributed by atoms with van der Waals surface area (Å²) >= 11 is 0. The second-order valence-corrected chi connectivity index (χ2v) is 7.02. The summed E-state index contributed by atoms with van der Waals surface area (Å²) in [5.74, 6) is -0.0944. The Bertz CT molecular complexity index is 964. The van der Waals surface area contributed by atoms with E-state index in [4.69, 9.17) is 9.47 Å². The smallest absolute Gasteiger partial charge is 0.260 e. The fourth-order valence-corrected chi connectivity index (χ4v) is 3.90. The van der Waals surface area contributed by atoms with E-state index in [1.165, 1.54) is 17.7 Å². The summed E-state index contributed by atoms with van der Waals surface area (Å²) in [5, 5.41) is 2.79. The van der Waals surface area contributed by atoms with Crippen molar-refractivity contribution in [2.75, 3.05) is 31.6 Å². The molecular weight excluding hydrogens is 347 g/mol. The molecule has 0 atom stereocenters. The molecule has 6 heteroatoms. The first-order valence-electron chi connectivity index (χ1n) is 9.10. The Hall–Kier alpha value is -2.70. The lowest BCUT2D eigenvalue weighted by atomic mass is 9.99. The van der Waals surface area contributed by atoms with Crippen LogP contribution in [0.1, 0.15) is 22.3 Å². The van der Waals surface area contributed by atoms with Gasteiger partial charge in [0.15, 0.2) is 0 Å². The van der Waals surface area contributed by atoms with Crippen molar-refractivity contribution >= 4 is 22.9 Å². The number of fused-ring (bicyclic) bond motifs is 2. The van der Waals surface area contributed by atoms with Gasteiger partial charge in [-0.1, -0.05) is 18.2 Å². The predicted molar refractivity (Wildman–Crippen MR) is 99.2 cm³/mol. The van der Waals surface area contributed by atoms with Crippen molar-refractivity contribution in [2.24, 2.45) is 0 Å². The van der Waals surface area contributed by atoms with Crippen LogP contribution in [-0.4, -0.2) is 37.1 Å². The van der Waals surface area contributed by atoms with Crippen LogP contribution in [-0.2, 0) is 27.4 Å². The lowest BCUT2D eigenvalue weighted by Gasteiger charge is -2.26. The van der Waals surface area contributed by atoms with E-state index in [-0.39, 0.29) is 11.7 Å². The number of benzene rings is 2. The molecular formula is C21H19FN2O3. The molecule has 2 aromatic rings. The van der Waals surface area contributed by atoms with Gasteiger partial charge in [-0.3, -0.25) is 9.69 Å². The molecule has 3 aliphatic heterocycles. The molecule has 2 aromatic carbocycles. The van der Waals surface area contributed by atoms with Crippen molar-refractivity contribution in [3.8, 4) is 0 Å². The number of nitrogens with zero attached hydrogens (tertiary/aromatic N) is 1. The van der Waals surface area contributed by atoms with E-state index < -0.39 is 0 Å². The Morgan fingerprint density at radius 2 is 1.93 bits per heavy atom. The number of carbonyl (C=O) groups excluding carboxylic acids is 1. The molecule has 1 N–H and O–H groups in total. The number of halogens is 1. The Morgan fingerprint density at radius 3 is 2.78 bits per heavy atom. The number of morpholine rings is 1. The van der Waals surface area contributed by atoms with Crippen molar-refractivity contribution < 1.29 is 18.7 Å². The number of rotatable bonds is 2. The molecule has 0 spiro atoms. The van der Waals surface area contributed by atoms with Crippen LogP contribution in [0.25, 0.3) is 11.3 Å². The third kappa shape index (κ3) is 2.91. The summed E-state index contributed by atoms with van der Waals surface area (Å²) in [6.07, 6.45) is 0. The second-order valence-electron chi connectivity index (χ2n) is 7.02. The highest BCUT2D eigenvalue weighted by molar-refractivity contribution is 6.36. The topological polar surface area (TPSA) is 50.8 Å². The summed E-state index contributed by atoms with van der Waals surface area (Å²) in [7, 11) is 0. The summed E-state index contributed by atoms with van der Waals surface area (Å²) < 4.78 is 25.0. The van der Waals surface area contributed by atoms with E-state index in [2.05, 4.69) is 22.3 Å². The number of hydrogen-bond donors (Lipinski definition) is 1. The lowest BCUT2D eigenvalue weighted by Crippen LogP contribution is -2.35. The monoisotopic (exact) mass is 366 g/mol. The van der Waals surface area contributed by atoms with Gasteiger partial charge in [0.1, 0.15) is 18.2 Å². The molecule has 3 heterocycles. The van der Waals surface area contributed by atoms with E-state index in [0.29, 0.717) is 29.2 Å². The van der Waals surface area contributed by atoms with Gasteiger partial charge in [-0.2, -0.15) is 0 Å². The molecule has 5 rings (SSSR count). The van der Waals surface area contributed by atoms with Gasteiger partial charge in [-0.25, -0.2) is 4.39 Å². The van der Waals surface area contributed by atoms with Gasteiger partial charge in [-0.15, -0.1) is 0 Å². The minimum Gasteiger partial charge on any atom is -0.487 e. The van der Waals surface area contributed by atoms with Gasteiger partial charge in [0.05, 0.1) is 18.8 Å². The molecule has 1 fully saturated rings. The van der Waals surface area contributed by atoms with Gasteiger partial charge in [0.2, 0.25) is 0 Å². The first-order chi connectivity index (χ1) is 13.2. The maximum atomic E-state index is 13.7. The molecule has 0 unspecified atom stereocenters. The second kappa shape index (κ2) is 6.48. The maximum absolute atomic E-state index is 13.7. The van der Waals surface area contributed by atoms with Crippen LogP contribution in [0.15, 0.2) is 36.4 Å². The van der Waals surface area contributed by atoms with Crippen molar-refractivity contribution in [1.82, 2.24) is 4.90 Å². The molecule has 138 valence electrons. The molecule has 27 heavy (non-hydrogen) atoms. The minimum atomic E-state index is -0.373. The zero-order valence-electron chi connectivity index (χ0n) is 14.8. The highest BCUT2D eigenvalue weighted by Gasteiger charge is 2.32. The fraction of sp³-hybridized carbons (Fsp3) is 0.286. The Morgan fingerprint density at radius 1 is 1.07 bits per heavy atom. The minimum absolute atomic E-state index is 0.254. The van der Waals surface area contributed by atoms with Crippen LogP contribution in [0.2, 0.25) is 0 Å². The zero-order chi connectivity index (χ0) is 18.4. The summed E-state index contributed by atoms with van der Waals surface area (Å²) in [6, 6.07) is 10.5. The van der Waals surface area contributed by atoms with E-state index in [1.54, 1.807) is 6.07 Å². The van der Waals surface area contributed by atoms with Crippen LogP contribution >= 0.6 is 0 Å². The SMILES string of the molecule is O=C1Nc2ccc(F)cc2/C1=C1\OCc2cc(CN3CCOCC3)ccc21. The lowest BCUT2D eigenvalue weighted by molar-refractivity contribution is -0.110. The van der Waals surface area contributed by atoms with Crippen LogP contribution in [0.4, 0.5) is 10.1 Å². The Kier molecular flexibility index (Phi) is 3.95. The third-order valence-corrected chi connectivity index (χ3v) is 5.25. The maximum Gasteiger partial charge on any atom is 0.260 e. The van der Waals surface area contributed by atoms with Gasteiger partial charge >= 0.3 is 0 Å². The standard InChI is InChI=1S/C21H19FN2O3/c22-15-2-4-18-17(10-15)19(21(25)23-18)20-16-3-1-13(9-14(16)12-27-20)11-24-5-7-26-8-6-24/h1-4,9-10H,5-8,11-12H2,(H,23,25)/b20-19+.